The van der Waals surface area contributed by atoms with Gasteiger partial charge in [0.1, 0.15) is 12.1 Å². The Hall–Kier alpha value is -5.03. The molecule has 0 radical (unpaired) electrons. The summed E-state index contributed by atoms with van der Waals surface area (Å²) in [6.45, 7) is 1.70. The minimum absolute atomic E-state index is 0.0638. The molecule has 0 atom stereocenters. The van der Waals surface area contributed by atoms with Crippen LogP contribution in [0, 0.1) is 0 Å². The van der Waals surface area contributed by atoms with Crippen LogP contribution in [0.25, 0.3) is 11.1 Å². The molecule has 3 aromatic carbocycles. The van der Waals surface area contributed by atoms with Gasteiger partial charge in [-0.15, -0.1) is 0 Å². The number of carbonyl (C=O) groups is 3. The van der Waals surface area contributed by atoms with E-state index in [9.17, 15) is 19.5 Å². The van der Waals surface area contributed by atoms with Crippen LogP contribution in [0.4, 0.5) is 10.6 Å². The van der Waals surface area contributed by atoms with Crippen LogP contribution < -0.4 is 10.6 Å². The van der Waals surface area contributed by atoms with E-state index in [0.717, 1.165) is 27.8 Å². The Morgan fingerprint density at radius 1 is 0.905 bits per heavy atom. The zero-order chi connectivity index (χ0) is 29.1. The molecule has 214 valence electrons. The number of aliphatic carboxylic acids is 1. The highest BCUT2D eigenvalue weighted by Gasteiger charge is 2.44. The number of nitrogens with zero attached hydrogens (tertiary/aromatic N) is 3. The third-order valence-electron chi connectivity index (χ3n) is 7.99. The number of rotatable bonds is 8. The van der Waals surface area contributed by atoms with Gasteiger partial charge in [0.05, 0.1) is 0 Å². The van der Waals surface area contributed by atoms with E-state index < -0.39 is 23.5 Å². The number of aromatic nitrogens is 2. The summed E-state index contributed by atoms with van der Waals surface area (Å²) in [5, 5.41) is 22.3. The molecule has 11 nitrogen and oxygen atoms in total. The Bertz CT molecular complexity index is 1570. The smallest absolute Gasteiger partial charge is 0.412 e. The van der Waals surface area contributed by atoms with Crippen molar-refractivity contribution in [1.29, 1.82) is 0 Å². The van der Waals surface area contributed by atoms with Crippen molar-refractivity contribution in [3.8, 4) is 11.1 Å². The lowest BCUT2D eigenvalue weighted by Gasteiger charge is -2.39. The number of amides is 2. The lowest BCUT2D eigenvalue weighted by atomic mass is 9.87. The van der Waals surface area contributed by atoms with E-state index in [4.69, 9.17) is 9.37 Å². The van der Waals surface area contributed by atoms with Crippen LogP contribution in [0.2, 0.25) is 0 Å². The second kappa shape index (κ2) is 11.5. The van der Waals surface area contributed by atoms with Crippen molar-refractivity contribution in [2.24, 2.45) is 0 Å². The summed E-state index contributed by atoms with van der Waals surface area (Å²) in [5.41, 5.74) is 3.61. The molecule has 1 aliphatic carbocycles. The van der Waals surface area contributed by atoms with Crippen molar-refractivity contribution >= 4 is 23.8 Å². The first kappa shape index (κ1) is 27.2. The molecule has 1 aromatic heterocycles. The Morgan fingerprint density at radius 3 is 2.17 bits per heavy atom. The molecule has 1 saturated heterocycles. The molecule has 6 rings (SSSR count). The predicted molar refractivity (Wildman–Crippen MR) is 152 cm³/mol. The second-order valence-electron chi connectivity index (χ2n) is 10.5. The van der Waals surface area contributed by atoms with Gasteiger partial charge in [0.15, 0.2) is 0 Å². The number of ether oxygens (including phenoxy) is 1. The van der Waals surface area contributed by atoms with E-state index in [1.807, 2.05) is 78.9 Å². The van der Waals surface area contributed by atoms with Crippen LogP contribution in [0.3, 0.4) is 0 Å². The van der Waals surface area contributed by atoms with E-state index in [1.165, 1.54) is 0 Å². The maximum atomic E-state index is 13.2. The predicted octanol–water partition coefficient (Wildman–Crippen LogP) is 4.28. The molecule has 0 spiro atoms. The molecular formula is C31H29N5O6. The topological polar surface area (TPSA) is 147 Å². The number of piperidine rings is 1. The van der Waals surface area contributed by atoms with E-state index in [-0.39, 0.29) is 36.9 Å². The van der Waals surface area contributed by atoms with Crippen molar-refractivity contribution in [3.05, 3.63) is 101 Å². The van der Waals surface area contributed by atoms with Gasteiger partial charge in [0, 0.05) is 25.6 Å². The summed E-state index contributed by atoms with van der Waals surface area (Å²) in [4.78, 5) is 40.4. The van der Waals surface area contributed by atoms with Crippen LogP contribution in [0.1, 0.15) is 45.9 Å². The third-order valence-corrected chi connectivity index (χ3v) is 7.99. The standard InChI is InChI=1S/C31H29N5O6/c37-28(33-31(29(38)39)14-16-36(17-15-31)18-20-8-2-1-3-9-20)26-27(35-42-34-26)32-30(40)41-19-25-23-12-6-4-10-21(23)22-11-5-7-13-24(22)25/h1-13,25H,14-19H2,(H,33,37)(H,38,39)(H,32,35,40). The van der Waals surface area contributed by atoms with Crippen molar-refractivity contribution in [2.45, 2.75) is 30.8 Å². The lowest BCUT2D eigenvalue weighted by Crippen LogP contribution is -2.60. The highest BCUT2D eigenvalue weighted by atomic mass is 16.6. The Balaban J connectivity index is 1.08. The molecule has 0 unspecified atom stereocenters. The van der Waals surface area contributed by atoms with Gasteiger partial charge in [-0.2, -0.15) is 0 Å². The average Bonchev–Trinajstić information content (AvgIpc) is 3.60. The number of anilines is 1. The molecule has 4 aromatic rings. The quantitative estimate of drug-likeness (QED) is 0.284. The molecule has 2 aliphatic rings. The maximum Gasteiger partial charge on any atom is 0.412 e. The fraction of sp³-hybridized carbons (Fsp3) is 0.258. The molecule has 3 N–H and O–H groups in total. The van der Waals surface area contributed by atoms with Crippen LogP contribution in [-0.4, -0.2) is 63.5 Å². The zero-order valence-electron chi connectivity index (χ0n) is 22.7. The highest BCUT2D eigenvalue weighted by molar-refractivity contribution is 6.02. The number of carboxylic acids is 1. The summed E-state index contributed by atoms with van der Waals surface area (Å²) in [7, 11) is 0. The minimum Gasteiger partial charge on any atom is -0.480 e. The first-order valence-corrected chi connectivity index (χ1v) is 13.7. The lowest BCUT2D eigenvalue weighted by molar-refractivity contribution is -0.146. The summed E-state index contributed by atoms with van der Waals surface area (Å²) < 4.78 is 10.2. The van der Waals surface area contributed by atoms with Gasteiger partial charge < -0.3 is 15.2 Å². The van der Waals surface area contributed by atoms with E-state index in [1.54, 1.807) is 0 Å². The van der Waals surface area contributed by atoms with Crippen LogP contribution in [0.5, 0.6) is 0 Å². The van der Waals surface area contributed by atoms with Crippen molar-refractivity contribution in [2.75, 3.05) is 25.0 Å². The number of likely N-dealkylation sites (tertiary alicyclic amines) is 1. The molecule has 1 fully saturated rings. The summed E-state index contributed by atoms with van der Waals surface area (Å²) in [6, 6.07) is 25.8. The Labute approximate surface area is 241 Å². The number of hydrogen-bond donors (Lipinski definition) is 3. The molecular weight excluding hydrogens is 538 g/mol. The van der Waals surface area contributed by atoms with E-state index in [0.29, 0.717) is 19.6 Å². The van der Waals surface area contributed by atoms with E-state index in [2.05, 4.69) is 25.8 Å². The van der Waals surface area contributed by atoms with Gasteiger partial charge in [0.2, 0.25) is 11.5 Å². The second-order valence-corrected chi connectivity index (χ2v) is 10.5. The monoisotopic (exact) mass is 567 g/mol. The Kier molecular flexibility index (Phi) is 7.41. The molecule has 2 amide bonds. The zero-order valence-corrected chi connectivity index (χ0v) is 22.7. The summed E-state index contributed by atoms with van der Waals surface area (Å²) >= 11 is 0. The number of benzene rings is 3. The summed E-state index contributed by atoms with van der Waals surface area (Å²) in [5.74, 6) is -2.36. The number of carbonyl (C=O) groups excluding carboxylic acids is 2. The number of nitrogens with one attached hydrogen (secondary N) is 2. The number of hydrogen-bond acceptors (Lipinski definition) is 8. The molecule has 2 heterocycles. The number of fused-ring (bicyclic) bond motifs is 3. The average molecular weight is 568 g/mol. The van der Waals surface area contributed by atoms with E-state index >= 15 is 0 Å². The van der Waals surface area contributed by atoms with Gasteiger partial charge >= 0.3 is 12.1 Å². The van der Waals surface area contributed by atoms with Crippen molar-refractivity contribution in [3.63, 3.8) is 0 Å². The minimum atomic E-state index is -1.50. The first-order chi connectivity index (χ1) is 20.4. The summed E-state index contributed by atoms with van der Waals surface area (Å²) in [6.07, 6.45) is -0.452. The molecule has 0 saturated carbocycles. The SMILES string of the molecule is O=C(Nc1nonc1C(=O)NC1(C(=O)O)CCN(Cc2ccccc2)CC1)OCC1c2ccccc2-c2ccccc21. The van der Waals surface area contributed by atoms with Crippen molar-refractivity contribution in [1.82, 2.24) is 20.5 Å². The highest BCUT2D eigenvalue weighted by Crippen LogP contribution is 2.44. The third kappa shape index (κ3) is 5.34. The molecule has 11 heteroatoms. The van der Waals surface area contributed by atoms with Gasteiger partial charge in [-0.05, 0) is 51.0 Å². The largest absolute Gasteiger partial charge is 0.480 e. The Morgan fingerprint density at radius 2 is 1.52 bits per heavy atom. The molecule has 42 heavy (non-hydrogen) atoms. The maximum absolute atomic E-state index is 13.2. The first-order valence-electron chi connectivity index (χ1n) is 13.7. The van der Waals surface area contributed by atoms with Crippen LogP contribution >= 0.6 is 0 Å². The number of carboxylic acid groups (broad SMARTS) is 1. The fourth-order valence-electron chi connectivity index (χ4n) is 5.75. The van der Waals surface area contributed by atoms with Crippen LogP contribution in [0.15, 0.2) is 83.5 Å². The van der Waals surface area contributed by atoms with Crippen LogP contribution in [-0.2, 0) is 16.1 Å². The van der Waals surface area contributed by atoms with Gasteiger partial charge in [-0.3, -0.25) is 15.0 Å². The van der Waals surface area contributed by atoms with Gasteiger partial charge in [0.25, 0.3) is 5.91 Å². The molecule has 1 aliphatic heterocycles. The van der Waals surface area contributed by atoms with Gasteiger partial charge in [-0.1, -0.05) is 78.9 Å². The fourth-order valence-corrected chi connectivity index (χ4v) is 5.75. The molecule has 0 bridgehead atoms. The van der Waals surface area contributed by atoms with Crippen molar-refractivity contribution < 1.29 is 28.9 Å². The normalized spacial score (nSPS) is 15.8. The van der Waals surface area contributed by atoms with Gasteiger partial charge in [-0.25, -0.2) is 14.2 Å².